The Balaban J connectivity index is 1.47. The van der Waals surface area contributed by atoms with Crippen molar-refractivity contribution in [2.24, 2.45) is 11.8 Å². The fourth-order valence-corrected chi connectivity index (χ4v) is 4.44. The number of thioether (sulfide) groups is 1. The van der Waals surface area contributed by atoms with E-state index in [1.54, 1.807) is 4.90 Å². The molecule has 1 unspecified atom stereocenters. The van der Waals surface area contributed by atoms with Crippen molar-refractivity contribution < 1.29 is 28.2 Å². The van der Waals surface area contributed by atoms with E-state index in [1.807, 2.05) is 0 Å². The van der Waals surface area contributed by atoms with Gasteiger partial charge < -0.3 is 14.7 Å². The van der Waals surface area contributed by atoms with Gasteiger partial charge in [-0.05, 0) is 43.4 Å². The highest BCUT2D eigenvalue weighted by molar-refractivity contribution is 8.00. The standard InChI is InChI=1S/C18H21F2NO4S/c19-14-2-1-12(9-15(14)20)26-10-16(22)21-6-3-11(4-7-21)17-13(18(23)24)5-8-25-17/h1-2,9,11,13,17H,3-8,10H2,(H,23,24)/t13?,17-/m0/s1. The molecule has 1 aromatic carbocycles. The summed E-state index contributed by atoms with van der Waals surface area (Å²) in [5, 5.41) is 9.27. The zero-order chi connectivity index (χ0) is 18.7. The van der Waals surface area contributed by atoms with Gasteiger partial charge in [0.2, 0.25) is 5.91 Å². The summed E-state index contributed by atoms with van der Waals surface area (Å²) < 4.78 is 31.8. The number of hydrogen-bond donors (Lipinski definition) is 1. The Kier molecular flexibility index (Phi) is 6.13. The van der Waals surface area contributed by atoms with Gasteiger partial charge in [0.15, 0.2) is 11.6 Å². The van der Waals surface area contributed by atoms with E-state index in [4.69, 9.17) is 4.74 Å². The van der Waals surface area contributed by atoms with Crippen molar-refractivity contribution in [1.82, 2.24) is 4.90 Å². The van der Waals surface area contributed by atoms with E-state index in [0.717, 1.165) is 25.0 Å². The van der Waals surface area contributed by atoms with Crippen molar-refractivity contribution in [3.05, 3.63) is 29.8 Å². The number of amides is 1. The summed E-state index contributed by atoms with van der Waals surface area (Å²) in [7, 11) is 0. The zero-order valence-corrected chi connectivity index (χ0v) is 15.0. The molecule has 26 heavy (non-hydrogen) atoms. The second kappa shape index (κ2) is 8.35. The third kappa shape index (κ3) is 4.35. The molecular weight excluding hydrogens is 364 g/mol. The number of ether oxygens (including phenoxy) is 1. The van der Waals surface area contributed by atoms with Gasteiger partial charge in [-0.15, -0.1) is 11.8 Å². The zero-order valence-electron chi connectivity index (χ0n) is 14.2. The van der Waals surface area contributed by atoms with Crippen LogP contribution in [0.4, 0.5) is 8.78 Å². The van der Waals surface area contributed by atoms with Crippen LogP contribution in [0.2, 0.25) is 0 Å². The van der Waals surface area contributed by atoms with Crippen molar-refractivity contribution in [1.29, 1.82) is 0 Å². The molecule has 0 aromatic heterocycles. The Morgan fingerprint density at radius 2 is 1.92 bits per heavy atom. The summed E-state index contributed by atoms with van der Waals surface area (Å²) in [6.07, 6.45) is 1.72. The van der Waals surface area contributed by atoms with Gasteiger partial charge in [0.25, 0.3) is 0 Å². The number of benzene rings is 1. The third-order valence-corrected chi connectivity index (χ3v) is 6.04. The minimum atomic E-state index is -0.923. The quantitative estimate of drug-likeness (QED) is 0.790. The maximum Gasteiger partial charge on any atom is 0.309 e. The first-order chi connectivity index (χ1) is 12.5. The van der Waals surface area contributed by atoms with Crippen molar-refractivity contribution >= 4 is 23.6 Å². The molecule has 2 heterocycles. The van der Waals surface area contributed by atoms with Crippen LogP contribution < -0.4 is 0 Å². The van der Waals surface area contributed by atoms with Crippen LogP contribution in [0, 0.1) is 23.5 Å². The van der Waals surface area contributed by atoms with Crippen LogP contribution in [-0.4, -0.2) is 53.4 Å². The molecule has 0 spiro atoms. The predicted molar refractivity (Wildman–Crippen MR) is 91.9 cm³/mol. The first-order valence-corrected chi connectivity index (χ1v) is 9.64. The van der Waals surface area contributed by atoms with Crippen LogP contribution in [0.1, 0.15) is 19.3 Å². The number of piperidine rings is 1. The van der Waals surface area contributed by atoms with Crippen LogP contribution >= 0.6 is 11.8 Å². The second-order valence-electron chi connectivity index (χ2n) is 6.65. The smallest absolute Gasteiger partial charge is 0.309 e. The maximum atomic E-state index is 13.2. The van der Waals surface area contributed by atoms with Crippen molar-refractivity contribution in [3.8, 4) is 0 Å². The van der Waals surface area contributed by atoms with Gasteiger partial charge in [-0.25, -0.2) is 8.78 Å². The maximum absolute atomic E-state index is 13.2. The van der Waals surface area contributed by atoms with Crippen LogP contribution in [0.3, 0.4) is 0 Å². The molecule has 2 fully saturated rings. The number of halogens is 2. The van der Waals surface area contributed by atoms with E-state index in [9.17, 15) is 23.5 Å². The predicted octanol–water partition coefficient (Wildman–Crippen LogP) is 2.79. The number of aliphatic carboxylic acids is 1. The van der Waals surface area contributed by atoms with Crippen molar-refractivity contribution in [2.45, 2.75) is 30.3 Å². The third-order valence-electron chi connectivity index (χ3n) is 5.06. The number of carbonyl (C=O) groups excluding carboxylic acids is 1. The van der Waals surface area contributed by atoms with Gasteiger partial charge in [-0.3, -0.25) is 9.59 Å². The van der Waals surface area contributed by atoms with Gasteiger partial charge >= 0.3 is 5.97 Å². The Morgan fingerprint density at radius 1 is 1.19 bits per heavy atom. The Bertz CT molecular complexity index is 679. The van der Waals surface area contributed by atoms with Gasteiger partial charge in [0.1, 0.15) is 0 Å². The highest BCUT2D eigenvalue weighted by Gasteiger charge is 2.40. The summed E-state index contributed by atoms with van der Waals surface area (Å²) in [4.78, 5) is 25.9. The average molecular weight is 385 g/mol. The summed E-state index contributed by atoms with van der Waals surface area (Å²) in [6.45, 7) is 1.60. The number of carbonyl (C=O) groups is 2. The molecule has 0 aliphatic carbocycles. The topological polar surface area (TPSA) is 66.8 Å². The molecule has 0 radical (unpaired) electrons. The fourth-order valence-electron chi connectivity index (χ4n) is 3.62. The molecule has 2 aliphatic heterocycles. The molecule has 0 saturated carbocycles. The van der Waals surface area contributed by atoms with E-state index in [2.05, 4.69) is 0 Å². The Labute approximate surface area is 154 Å². The number of nitrogens with zero attached hydrogens (tertiary/aromatic N) is 1. The van der Waals surface area contributed by atoms with Gasteiger partial charge in [-0.1, -0.05) is 0 Å². The molecular formula is C18H21F2NO4S. The van der Waals surface area contributed by atoms with E-state index in [1.165, 1.54) is 17.8 Å². The van der Waals surface area contributed by atoms with E-state index in [-0.39, 0.29) is 23.7 Å². The van der Waals surface area contributed by atoms with Crippen molar-refractivity contribution in [2.75, 3.05) is 25.4 Å². The number of hydrogen-bond acceptors (Lipinski definition) is 4. The lowest BCUT2D eigenvalue weighted by molar-refractivity contribution is -0.145. The van der Waals surface area contributed by atoms with E-state index >= 15 is 0 Å². The lowest BCUT2D eigenvalue weighted by Gasteiger charge is -2.35. The SMILES string of the molecule is O=C(O)C1CCO[C@H]1C1CCN(C(=O)CSc2ccc(F)c(F)c2)CC1. The average Bonchev–Trinajstić information content (AvgIpc) is 3.12. The van der Waals surface area contributed by atoms with E-state index in [0.29, 0.717) is 31.0 Å². The molecule has 2 saturated heterocycles. The second-order valence-corrected chi connectivity index (χ2v) is 7.70. The summed E-state index contributed by atoms with van der Waals surface area (Å²) in [6, 6.07) is 3.59. The molecule has 2 aliphatic rings. The van der Waals surface area contributed by atoms with Gasteiger partial charge in [0.05, 0.1) is 17.8 Å². The normalized spacial score (nSPS) is 24.0. The Hall–Kier alpha value is -1.67. The highest BCUT2D eigenvalue weighted by Crippen LogP contribution is 2.33. The monoisotopic (exact) mass is 385 g/mol. The minimum absolute atomic E-state index is 0.0553. The fraction of sp³-hybridized carbons (Fsp3) is 0.556. The summed E-state index contributed by atoms with van der Waals surface area (Å²) >= 11 is 1.18. The number of carboxylic acids is 1. The highest BCUT2D eigenvalue weighted by atomic mass is 32.2. The Morgan fingerprint density at radius 3 is 2.58 bits per heavy atom. The molecule has 1 amide bonds. The molecule has 5 nitrogen and oxygen atoms in total. The minimum Gasteiger partial charge on any atom is -0.481 e. The molecule has 142 valence electrons. The van der Waals surface area contributed by atoms with Crippen LogP contribution in [0.25, 0.3) is 0 Å². The molecule has 8 heteroatoms. The number of carboxylic acid groups (broad SMARTS) is 1. The largest absolute Gasteiger partial charge is 0.481 e. The summed E-state index contributed by atoms with van der Waals surface area (Å²) in [5.74, 6) is -2.83. The lowest BCUT2D eigenvalue weighted by atomic mass is 9.84. The van der Waals surface area contributed by atoms with E-state index < -0.39 is 23.5 Å². The van der Waals surface area contributed by atoms with Gasteiger partial charge in [0, 0.05) is 24.6 Å². The van der Waals surface area contributed by atoms with Gasteiger partial charge in [-0.2, -0.15) is 0 Å². The molecule has 3 rings (SSSR count). The summed E-state index contributed by atoms with van der Waals surface area (Å²) in [5.41, 5.74) is 0. The number of rotatable bonds is 5. The first-order valence-electron chi connectivity index (χ1n) is 8.65. The molecule has 1 aromatic rings. The molecule has 2 atom stereocenters. The van der Waals surface area contributed by atoms with Crippen molar-refractivity contribution in [3.63, 3.8) is 0 Å². The van der Waals surface area contributed by atoms with Crippen LogP contribution in [-0.2, 0) is 14.3 Å². The molecule has 0 bridgehead atoms. The number of likely N-dealkylation sites (tertiary alicyclic amines) is 1. The molecule has 1 N–H and O–H groups in total. The lowest BCUT2D eigenvalue weighted by Crippen LogP contribution is -2.43. The van der Waals surface area contributed by atoms with Crippen LogP contribution in [0.5, 0.6) is 0 Å². The van der Waals surface area contributed by atoms with Crippen LogP contribution in [0.15, 0.2) is 23.1 Å². The first kappa shape index (κ1) is 19.1.